The average molecular weight is 394 g/mol. The van der Waals surface area contributed by atoms with Crippen LogP contribution in [0, 0.1) is 0 Å². The van der Waals surface area contributed by atoms with E-state index in [0.717, 1.165) is 50.1 Å². The molecule has 2 aromatic carbocycles. The molecule has 5 heteroatoms. The first kappa shape index (κ1) is 20.1. The second kappa shape index (κ2) is 9.08. The number of fused-ring (bicyclic) bond motifs is 1. The Morgan fingerprint density at radius 3 is 2.41 bits per heavy atom. The molecule has 4 rings (SSSR count). The molecule has 1 fully saturated rings. The summed E-state index contributed by atoms with van der Waals surface area (Å²) >= 11 is 0. The van der Waals surface area contributed by atoms with Crippen LogP contribution >= 0.6 is 0 Å². The summed E-state index contributed by atoms with van der Waals surface area (Å²) < 4.78 is 6.55. The maximum absolute atomic E-state index is 12.9. The Labute approximate surface area is 173 Å². The van der Waals surface area contributed by atoms with Gasteiger partial charge in [-0.3, -0.25) is 9.69 Å². The SMILES string of the molecule is CN(C)CCN1C(=O)c2ccccc2[C@H]1OC1CCN(Cc2ccccc2)CC1. The minimum absolute atomic E-state index is 0.0916. The molecular weight excluding hydrogens is 362 g/mol. The molecule has 29 heavy (non-hydrogen) atoms. The zero-order chi connectivity index (χ0) is 20.2. The molecule has 2 heterocycles. The molecule has 0 radical (unpaired) electrons. The van der Waals surface area contributed by atoms with Crippen molar-refractivity contribution in [1.82, 2.24) is 14.7 Å². The number of carbonyl (C=O) groups is 1. The number of nitrogens with zero attached hydrogens (tertiary/aromatic N) is 3. The maximum Gasteiger partial charge on any atom is 0.256 e. The number of carbonyl (C=O) groups excluding carboxylic acids is 1. The quantitative estimate of drug-likeness (QED) is 0.723. The van der Waals surface area contributed by atoms with Crippen LogP contribution in [0.1, 0.15) is 40.6 Å². The van der Waals surface area contributed by atoms with E-state index < -0.39 is 0 Å². The molecule has 0 spiro atoms. The highest BCUT2D eigenvalue weighted by Crippen LogP contribution is 2.36. The standard InChI is InChI=1S/C24H31N3O2/c1-25(2)16-17-27-23(28)21-10-6-7-11-22(21)24(27)29-20-12-14-26(15-13-20)18-19-8-4-3-5-9-19/h3-11,20,24H,12-18H2,1-2H3/t24-/m1/s1. The minimum Gasteiger partial charge on any atom is -0.351 e. The van der Waals surface area contributed by atoms with Gasteiger partial charge in [0.1, 0.15) is 0 Å². The molecule has 2 aliphatic rings. The Morgan fingerprint density at radius 1 is 1.00 bits per heavy atom. The summed E-state index contributed by atoms with van der Waals surface area (Å²) in [5.74, 6) is 0.0916. The van der Waals surface area contributed by atoms with Crippen molar-refractivity contribution in [2.75, 3.05) is 40.3 Å². The number of rotatable bonds is 7. The topological polar surface area (TPSA) is 36.0 Å². The number of amides is 1. The number of likely N-dealkylation sites (tertiary alicyclic amines) is 1. The molecule has 1 saturated heterocycles. The van der Waals surface area contributed by atoms with Gasteiger partial charge in [0.15, 0.2) is 6.23 Å². The van der Waals surface area contributed by atoms with Crippen LogP contribution in [0.15, 0.2) is 54.6 Å². The van der Waals surface area contributed by atoms with Gasteiger partial charge in [0.2, 0.25) is 0 Å². The van der Waals surface area contributed by atoms with E-state index in [9.17, 15) is 4.79 Å². The predicted octanol–water partition coefficient (Wildman–Crippen LogP) is 3.38. The Hall–Kier alpha value is -2.21. The molecule has 0 saturated carbocycles. The monoisotopic (exact) mass is 393 g/mol. The van der Waals surface area contributed by atoms with Crippen LogP contribution in [0.2, 0.25) is 0 Å². The molecule has 2 aliphatic heterocycles. The van der Waals surface area contributed by atoms with E-state index in [4.69, 9.17) is 4.74 Å². The second-order valence-electron chi connectivity index (χ2n) is 8.34. The van der Waals surface area contributed by atoms with Gasteiger partial charge in [-0.05, 0) is 38.6 Å². The fourth-order valence-electron chi connectivity index (χ4n) is 4.24. The third-order valence-corrected chi connectivity index (χ3v) is 5.89. The van der Waals surface area contributed by atoms with E-state index in [0.29, 0.717) is 6.54 Å². The first-order valence-electron chi connectivity index (χ1n) is 10.6. The summed E-state index contributed by atoms with van der Waals surface area (Å²) in [6.07, 6.45) is 1.93. The van der Waals surface area contributed by atoms with Crippen LogP contribution in [0.5, 0.6) is 0 Å². The lowest BCUT2D eigenvalue weighted by Crippen LogP contribution is -2.40. The number of hydrogen-bond acceptors (Lipinski definition) is 4. The highest BCUT2D eigenvalue weighted by atomic mass is 16.5. The van der Waals surface area contributed by atoms with Crippen molar-refractivity contribution in [3.8, 4) is 0 Å². The molecule has 0 N–H and O–H groups in total. The maximum atomic E-state index is 12.9. The minimum atomic E-state index is -0.260. The lowest BCUT2D eigenvalue weighted by atomic mass is 10.1. The number of benzene rings is 2. The van der Waals surface area contributed by atoms with E-state index in [-0.39, 0.29) is 18.2 Å². The third kappa shape index (κ3) is 4.69. The summed E-state index contributed by atoms with van der Waals surface area (Å²) in [6, 6.07) is 18.5. The molecule has 2 aromatic rings. The summed E-state index contributed by atoms with van der Waals surface area (Å²) in [5, 5.41) is 0. The fraction of sp³-hybridized carbons (Fsp3) is 0.458. The van der Waals surface area contributed by atoms with Gasteiger partial charge in [-0.15, -0.1) is 0 Å². The first-order chi connectivity index (χ1) is 14.1. The summed E-state index contributed by atoms with van der Waals surface area (Å²) in [6.45, 7) is 4.56. The molecule has 0 bridgehead atoms. The van der Waals surface area contributed by atoms with Crippen LogP contribution in [0.3, 0.4) is 0 Å². The molecule has 1 amide bonds. The molecule has 0 aromatic heterocycles. The smallest absolute Gasteiger partial charge is 0.256 e. The van der Waals surface area contributed by atoms with Gasteiger partial charge in [-0.25, -0.2) is 0 Å². The largest absolute Gasteiger partial charge is 0.351 e. The lowest BCUT2D eigenvalue weighted by Gasteiger charge is -2.35. The van der Waals surface area contributed by atoms with Crippen molar-refractivity contribution >= 4 is 5.91 Å². The van der Waals surface area contributed by atoms with Gasteiger partial charge >= 0.3 is 0 Å². The van der Waals surface area contributed by atoms with Crippen molar-refractivity contribution in [2.45, 2.75) is 31.7 Å². The van der Waals surface area contributed by atoms with E-state index in [1.807, 2.05) is 43.3 Å². The Kier molecular flexibility index (Phi) is 6.28. The Morgan fingerprint density at radius 2 is 1.69 bits per heavy atom. The van der Waals surface area contributed by atoms with E-state index >= 15 is 0 Å². The number of piperidine rings is 1. The molecule has 5 nitrogen and oxygen atoms in total. The fourth-order valence-corrected chi connectivity index (χ4v) is 4.24. The van der Waals surface area contributed by atoms with Crippen molar-refractivity contribution in [3.05, 3.63) is 71.3 Å². The van der Waals surface area contributed by atoms with Crippen molar-refractivity contribution < 1.29 is 9.53 Å². The summed E-state index contributed by atoms with van der Waals surface area (Å²) in [4.78, 5) is 19.4. The summed E-state index contributed by atoms with van der Waals surface area (Å²) in [5.41, 5.74) is 3.16. The molecular formula is C24H31N3O2. The lowest BCUT2D eigenvalue weighted by molar-refractivity contribution is -0.100. The van der Waals surface area contributed by atoms with Crippen LogP contribution in [-0.4, -0.2) is 67.0 Å². The van der Waals surface area contributed by atoms with Crippen LogP contribution < -0.4 is 0 Å². The second-order valence-corrected chi connectivity index (χ2v) is 8.34. The first-order valence-corrected chi connectivity index (χ1v) is 10.6. The average Bonchev–Trinajstić information content (AvgIpc) is 3.00. The van der Waals surface area contributed by atoms with Crippen molar-refractivity contribution in [2.24, 2.45) is 0 Å². The highest BCUT2D eigenvalue weighted by molar-refractivity contribution is 5.98. The predicted molar refractivity (Wildman–Crippen MR) is 115 cm³/mol. The van der Waals surface area contributed by atoms with Gasteiger partial charge in [0, 0.05) is 43.9 Å². The Bertz CT molecular complexity index is 816. The zero-order valence-electron chi connectivity index (χ0n) is 17.5. The molecule has 1 atom stereocenters. The zero-order valence-corrected chi connectivity index (χ0v) is 17.5. The van der Waals surface area contributed by atoms with E-state index in [2.05, 4.69) is 40.1 Å². The van der Waals surface area contributed by atoms with Crippen LogP contribution in [0.4, 0.5) is 0 Å². The molecule has 0 aliphatic carbocycles. The number of likely N-dealkylation sites (N-methyl/N-ethyl adjacent to an activating group) is 1. The van der Waals surface area contributed by atoms with E-state index in [1.54, 1.807) is 0 Å². The number of hydrogen-bond donors (Lipinski definition) is 0. The van der Waals surface area contributed by atoms with Gasteiger partial charge in [-0.2, -0.15) is 0 Å². The van der Waals surface area contributed by atoms with E-state index in [1.165, 1.54) is 5.56 Å². The van der Waals surface area contributed by atoms with Gasteiger partial charge < -0.3 is 14.5 Å². The molecule has 154 valence electrons. The Balaban J connectivity index is 1.39. The van der Waals surface area contributed by atoms with Crippen LogP contribution in [-0.2, 0) is 11.3 Å². The number of ether oxygens (including phenoxy) is 1. The van der Waals surface area contributed by atoms with Crippen molar-refractivity contribution in [1.29, 1.82) is 0 Å². The third-order valence-electron chi connectivity index (χ3n) is 5.89. The van der Waals surface area contributed by atoms with Crippen molar-refractivity contribution in [3.63, 3.8) is 0 Å². The van der Waals surface area contributed by atoms with Gasteiger partial charge in [0.25, 0.3) is 5.91 Å². The van der Waals surface area contributed by atoms with Gasteiger partial charge in [-0.1, -0.05) is 48.5 Å². The molecule has 0 unspecified atom stereocenters. The normalized spacial score (nSPS) is 20.4. The van der Waals surface area contributed by atoms with Crippen LogP contribution in [0.25, 0.3) is 0 Å². The highest BCUT2D eigenvalue weighted by Gasteiger charge is 2.38. The summed E-state index contributed by atoms with van der Waals surface area (Å²) in [7, 11) is 4.07. The van der Waals surface area contributed by atoms with Gasteiger partial charge in [0.05, 0.1) is 6.10 Å².